The van der Waals surface area contributed by atoms with E-state index in [9.17, 15) is 0 Å². The van der Waals surface area contributed by atoms with E-state index in [-0.39, 0.29) is 5.41 Å². The number of rotatable bonds is 1. The first-order valence-corrected chi connectivity index (χ1v) is 6.76. The number of hydrogen-bond acceptors (Lipinski definition) is 0. The molecule has 0 heteroatoms. The fraction of sp³-hybridized carbons (Fsp3) is 0.333. The van der Waals surface area contributed by atoms with Gasteiger partial charge in [0, 0.05) is 5.41 Å². The maximum absolute atomic E-state index is 2.40. The van der Waals surface area contributed by atoms with E-state index in [1.165, 1.54) is 27.8 Å². The summed E-state index contributed by atoms with van der Waals surface area (Å²) in [5, 5.41) is 0. The maximum Gasteiger partial charge on any atom is 0.0158 e. The van der Waals surface area contributed by atoms with Crippen LogP contribution >= 0.6 is 0 Å². The summed E-state index contributed by atoms with van der Waals surface area (Å²) in [5.74, 6) is 0.592. The van der Waals surface area contributed by atoms with Crippen molar-refractivity contribution in [3.05, 3.63) is 59.2 Å². The zero-order valence-electron chi connectivity index (χ0n) is 11.6. The summed E-state index contributed by atoms with van der Waals surface area (Å²) in [4.78, 5) is 0. The summed E-state index contributed by atoms with van der Waals surface area (Å²) in [6.07, 6.45) is 0. The molecule has 0 saturated heterocycles. The monoisotopic (exact) mass is 236 g/mol. The summed E-state index contributed by atoms with van der Waals surface area (Å²) in [7, 11) is 0. The van der Waals surface area contributed by atoms with E-state index in [0.29, 0.717) is 5.92 Å². The molecule has 0 bridgehead atoms. The summed E-state index contributed by atoms with van der Waals surface area (Å²) in [5.41, 5.74) is 7.34. The van der Waals surface area contributed by atoms with E-state index in [1.54, 1.807) is 0 Å². The Bertz CT molecular complexity index is 603. The summed E-state index contributed by atoms with van der Waals surface area (Å²) >= 11 is 0. The van der Waals surface area contributed by atoms with Gasteiger partial charge < -0.3 is 0 Å². The van der Waals surface area contributed by atoms with E-state index in [4.69, 9.17) is 0 Å². The van der Waals surface area contributed by atoms with Crippen LogP contribution in [0.2, 0.25) is 0 Å². The van der Waals surface area contributed by atoms with Gasteiger partial charge >= 0.3 is 0 Å². The quantitative estimate of drug-likeness (QED) is 0.645. The molecule has 0 saturated carbocycles. The second kappa shape index (κ2) is 3.71. The molecule has 0 heterocycles. The SMILES string of the molecule is CC(C)c1ccc2c(c1)C(C)(C)c1ccccc1-2. The van der Waals surface area contributed by atoms with E-state index in [0.717, 1.165) is 0 Å². The molecule has 0 N–H and O–H groups in total. The predicted molar refractivity (Wildman–Crippen MR) is 78.1 cm³/mol. The van der Waals surface area contributed by atoms with Gasteiger partial charge in [-0.3, -0.25) is 0 Å². The Morgan fingerprint density at radius 1 is 0.833 bits per heavy atom. The molecule has 3 rings (SSSR count). The Labute approximate surface area is 110 Å². The number of hydrogen-bond donors (Lipinski definition) is 0. The number of fused-ring (bicyclic) bond motifs is 3. The van der Waals surface area contributed by atoms with Gasteiger partial charge in [-0.15, -0.1) is 0 Å². The molecule has 0 fully saturated rings. The van der Waals surface area contributed by atoms with E-state index >= 15 is 0 Å². The second-order valence-electron chi connectivity index (χ2n) is 6.13. The van der Waals surface area contributed by atoms with Crippen molar-refractivity contribution in [3.63, 3.8) is 0 Å². The molecule has 18 heavy (non-hydrogen) atoms. The van der Waals surface area contributed by atoms with Crippen LogP contribution in [0.25, 0.3) is 11.1 Å². The minimum atomic E-state index is 0.136. The molecule has 2 aromatic rings. The predicted octanol–water partition coefficient (Wildman–Crippen LogP) is 5.12. The molecule has 1 aliphatic rings. The lowest BCUT2D eigenvalue weighted by Crippen LogP contribution is -2.15. The molecule has 0 aliphatic heterocycles. The summed E-state index contributed by atoms with van der Waals surface area (Å²) in [6.45, 7) is 9.19. The topological polar surface area (TPSA) is 0 Å². The average Bonchev–Trinajstić information content (AvgIpc) is 2.59. The van der Waals surface area contributed by atoms with Crippen LogP contribution in [0.3, 0.4) is 0 Å². The standard InChI is InChI=1S/C18H20/c1-12(2)13-9-10-15-14-7-5-6-8-16(14)18(3,4)17(15)11-13/h5-12H,1-4H3. The van der Waals surface area contributed by atoms with Gasteiger partial charge in [-0.25, -0.2) is 0 Å². The molecule has 0 nitrogen and oxygen atoms in total. The summed E-state index contributed by atoms with van der Waals surface area (Å²) < 4.78 is 0. The third kappa shape index (κ3) is 1.45. The molecule has 1 aliphatic carbocycles. The first-order valence-electron chi connectivity index (χ1n) is 6.76. The molecule has 0 amide bonds. The summed E-state index contributed by atoms with van der Waals surface area (Å²) in [6, 6.07) is 15.8. The van der Waals surface area contributed by atoms with Gasteiger partial charge in [0.05, 0.1) is 0 Å². The van der Waals surface area contributed by atoms with Gasteiger partial charge in [0.15, 0.2) is 0 Å². The molecular weight excluding hydrogens is 216 g/mol. The van der Waals surface area contributed by atoms with Crippen molar-refractivity contribution in [2.75, 3.05) is 0 Å². The van der Waals surface area contributed by atoms with Crippen molar-refractivity contribution in [2.24, 2.45) is 0 Å². The Morgan fingerprint density at radius 3 is 2.22 bits per heavy atom. The molecule has 2 aromatic carbocycles. The Kier molecular flexibility index (Phi) is 2.38. The van der Waals surface area contributed by atoms with E-state index < -0.39 is 0 Å². The second-order valence-corrected chi connectivity index (χ2v) is 6.13. The van der Waals surface area contributed by atoms with Gasteiger partial charge in [0.1, 0.15) is 0 Å². The Balaban J connectivity index is 2.28. The third-order valence-electron chi connectivity index (χ3n) is 4.27. The number of benzene rings is 2. The highest BCUT2D eigenvalue weighted by molar-refractivity contribution is 5.80. The minimum Gasteiger partial charge on any atom is -0.0619 e. The molecule has 0 radical (unpaired) electrons. The molecular formula is C18H20. The van der Waals surface area contributed by atoms with Gasteiger partial charge in [-0.05, 0) is 33.7 Å². The van der Waals surface area contributed by atoms with Gasteiger partial charge in [0.25, 0.3) is 0 Å². The smallest absolute Gasteiger partial charge is 0.0158 e. The molecule has 0 unspecified atom stereocenters. The average molecular weight is 236 g/mol. The maximum atomic E-state index is 2.40. The first-order chi connectivity index (χ1) is 8.51. The highest BCUT2D eigenvalue weighted by Gasteiger charge is 2.35. The van der Waals surface area contributed by atoms with Crippen molar-refractivity contribution >= 4 is 0 Å². The van der Waals surface area contributed by atoms with Gasteiger partial charge in [0.2, 0.25) is 0 Å². The zero-order chi connectivity index (χ0) is 12.9. The Morgan fingerprint density at radius 2 is 1.50 bits per heavy atom. The normalized spacial score (nSPS) is 15.6. The first kappa shape index (κ1) is 11.5. The van der Waals surface area contributed by atoms with Crippen LogP contribution in [0.4, 0.5) is 0 Å². The van der Waals surface area contributed by atoms with Crippen LogP contribution in [0, 0.1) is 0 Å². The van der Waals surface area contributed by atoms with Crippen molar-refractivity contribution in [1.82, 2.24) is 0 Å². The van der Waals surface area contributed by atoms with E-state index in [2.05, 4.69) is 70.2 Å². The molecule has 0 spiro atoms. The fourth-order valence-electron chi connectivity index (χ4n) is 3.08. The van der Waals surface area contributed by atoms with Crippen molar-refractivity contribution in [3.8, 4) is 11.1 Å². The fourth-order valence-corrected chi connectivity index (χ4v) is 3.08. The van der Waals surface area contributed by atoms with Crippen LogP contribution < -0.4 is 0 Å². The van der Waals surface area contributed by atoms with Gasteiger partial charge in [-0.1, -0.05) is 70.2 Å². The van der Waals surface area contributed by atoms with Crippen LogP contribution in [0.5, 0.6) is 0 Å². The highest BCUT2D eigenvalue weighted by Crippen LogP contribution is 2.48. The van der Waals surface area contributed by atoms with Gasteiger partial charge in [-0.2, -0.15) is 0 Å². The highest BCUT2D eigenvalue weighted by atomic mass is 14.4. The molecule has 0 atom stereocenters. The lowest BCUT2D eigenvalue weighted by atomic mass is 9.81. The molecule has 0 aromatic heterocycles. The van der Waals surface area contributed by atoms with Crippen LogP contribution in [-0.2, 0) is 5.41 Å². The van der Waals surface area contributed by atoms with Crippen molar-refractivity contribution in [1.29, 1.82) is 0 Å². The van der Waals surface area contributed by atoms with Crippen molar-refractivity contribution in [2.45, 2.75) is 39.0 Å². The van der Waals surface area contributed by atoms with Crippen LogP contribution in [0.1, 0.15) is 50.3 Å². The molecule has 92 valence electrons. The van der Waals surface area contributed by atoms with Crippen molar-refractivity contribution < 1.29 is 0 Å². The van der Waals surface area contributed by atoms with Crippen LogP contribution in [0.15, 0.2) is 42.5 Å². The zero-order valence-corrected chi connectivity index (χ0v) is 11.6. The third-order valence-corrected chi connectivity index (χ3v) is 4.27. The Hall–Kier alpha value is -1.56. The largest absolute Gasteiger partial charge is 0.0619 e. The van der Waals surface area contributed by atoms with E-state index in [1.807, 2.05) is 0 Å². The van der Waals surface area contributed by atoms with Crippen LogP contribution in [-0.4, -0.2) is 0 Å². The lowest BCUT2D eigenvalue weighted by molar-refractivity contribution is 0.658. The minimum absolute atomic E-state index is 0.136. The lowest BCUT2D eigenvalue weighted by Gasteiger charge is -2.22.